The standard InChI is InChI=1S/C14H19NO3S/c1-14(4-5-19(16,17)10-14)9-18-13-3-2-11-7-15-8-12(11)6-13/h2-3,6,15H,4-5,7-10H2,1H3. The van der Waals surface area contributed by atoms with E-state index in [1.54, 1.807) is 0 Å². The normalized spacial score (nSPS) is 28.3. The highest BCUT2D eigenvalue weighted by molar-refractivity contribution is 7.91. The van der Waals surface area contributed by atoms with Gasteiger partial charge in [-0.05, 0) is 29.7 Å². The molecule has 4 nitrogen and oxygen atoms in total. The predicted octanol–water partition coefficient (Wildman–Crippen LogP) is 1.49. The number of rotatable bonds is 3. The molecule has 2 aliphatic heterocycles. The lowest BCUT2D eigenvalue weighted by atomic mass is 9.92. The van der Waals surface area contributed by atoms with E-state index in [0.717, 1.165) is 18.8 Å². The van der Waals surface area contributed by atoms with Gasteiger partial charge >= 0.3 is 0 Å². The quantitative estimate of drug-likeness (QED) is 0.912. The summed E-state index contributed by atoms with van der Waals surface area (Å²) < 4.78 is 28.9. The Balaban J connectivity index is 1.67. The number of sulfone groups is 1. The van der Waals surface area contributed by atoms with Crippen molar-refractivity contribution in [3.8, 4) is 5.75 Å². The molecule has 1 fully saturated rings. The van der Waals surface area contributed by atoms with Gasteiger partial charge in [0.1, 0.15) is 5.75 Å². The molecule has 2 heterocycles. The molecule has 1 aromatic rings. The van der Waals surface area contributed by atoms with Crippen LogP contribution in [-0.2, 0) is 22.9 Å². The molecule has 0 spiro atoms. The van der Waals surface area contributed by atoms with E-state index in [4.69, 9.17) is 4.74 Å². The molecule has 19 heavy (non-hydrogen) atoms. The maximum Gasteiger partial charge on any atom is 0.151 e. The van der Waals surface area contributed by atoms with Crippen LogP contribution in [0.4, 0.5) is 0 Å². The van der Waals surface area contributed by atoms with Crippen molar-refractivity contribution in [2.24, 2.45) is 5.41 Å². The van der Waals surface area contributed by atoms with Gasteiger partial charge in [-0.1, -0.05) is 13.0 Å². The van der Waals surface area contributed by atoms with Crippen LogP contribution in [0, 0.1) is 5.41 Å². The fraction of sp³-hybridized carbons (Fsp3) is 0.571. The third kappa shape index (κ3) is 2.77. The van der Waals surface area contributed by atoms with Crippen molar-refractivity contribution < 1.29 is 13.2 Å². The van der Waals surface area contributed by atoms with E-state index in [1.807, 2.05) is 13.0 Å². The molecule has 3 rings (SSSR count). The first-order valence-corrected chi connectivity index (χ1v) is 8.44. The maximum absolute atomic E-state index is 11.5. The van der Waals surface area contributed by atoms with Gasteiger partial charge in [0.25, 0.3) is 0 Å². The summed E-state index contributed by atoms with van der Waals surface area (Å²) in [5.74, 6) is 1.38. The Morgan fingerprint density at radius 3 is 2.84 bits per heavy atom. The molecule has 5 heteroatoms. The summed E-state index contributed by atoms with van der Waals surface area (Å²) in [5.41, 5.74) is 2.36. The fourth-order valence-electron chi connectivity index (χ4n) is 2.81. The van der Waals surface area contributed by atoms with Crippen molar-refractivity contribution in [3.05, 3.63) is 29.3 Å². The zero-order valence-electron chi connectivity index (χ0n) is 11.1. The highest BCUT2D eigenvalue weighted by Crippen LogP contribution is 2.32. The Bertz CT molecular complexity index is 597. The van der Waals surface area contributed by atoms with Crippen LogP contribution in [0.25, 0.3) is 0 Å². The van der Waals surface area contributed by atoms with E-state index in [1.165, 1.54) is 11.1 Å². The monoisotopic (exact) mass is 281 g/mol. The van der Waals surface area contributed by atoms with Crippen molar-refractivity contribution in [2.75, 3.05) is 18.1 Å². The molecule has 1 unspecified atom stereocenters. The third-order valence-corrected chi connectivity index (χ3v) is 5.94. The molecule has 2 aliphatic rings. The predicted molar refractivity (Wildman–Crippen MR) is 73.9 cm³/mol. The topological polar surface area (TPSA) is 55.4 Å². The van der Waals surface area contributed by atoms with Gasteiger partial charge in [0, 0.05) is 18.5 Å². The molecule has 0 aromatic heterocycles. The summed E-state index contributed by atoms with van der Waals surface area (Å²) in [4.78, 5) is 0. The van der Waals surface area contributed by atoms with E-state index < -0.39 is 9.84 Å². The molecule has 0 amide bonds. The minimum Gasteiger partial charge on any atom is -0.493 e. The lowest BCUT2D eigenvalue weighted by molar-refractivity contribution is 0.186. The maximum atomic E-state index is 11.5. The van der Waals surface area contributed by atoms with E-state index >= 15 is 0 Å². The van der Waals surface area contributed by atoms with E-state index in [2.05, 4.69) is 17.4 Å². The Morgan fingerprint density at radius 1 is 1.32 bits per heavy atom. The summed E-state index contributed by atoms with van der Waals surface area (Å²) >= 11 is 0. The van der Waals surface area contributed by atoms with Crippen LogP contribution in [0.2, 0.25) is 0 Å². The summed E-state index contributed by atoms with van der Waals surface area (Å²) in [5, 5.41) is 3.30. The molecule has 0 aliphatic carbocycles. The lowest BCUT2D eigenvalue weighted by Crippen LogP contribution is -2.26. The summed E-state index contributed by atoms with van der Waals surface area (Å²) in [6, 6.07) is 6.11. The Morgan fingerprint density at radius 2 is 2.11 bits per heavy atom. The van der Waals surface area contributed by atoms with E-state index in [9.17, 15) is 8.42 Å². The Kier molecular flexibility index (Phi) is 3.06. The van der Waals surface area contributed by atoms with Gasteiger partial charge in [-0.15, -0.1) is 0 Å². The van der Waals surface area contributed by atoms with Crippen molar-refractivity contribution in [1.82, 2.24) is 5.32 Å². The molecule has 104 valence electrons. The lowest BCUT2D eigenvalue weighted by Gasteiger charge is -2.22. The van der Waals surface area contributed by atoms with Crippen LogP contribution in [0.15, 0.2) is 18.2 Å². The van der Waals surface area contributed by atoms with Crippen LogP contribution in [0.5, 0.6) is 5.75 Å². The molecular formula is C14H19NO3S. The van der Waals surface area contributed by atoms with Crippen LogP contribution < -0.4 is 10.1 Å². The summed E-state index contributed by atoms with van der Waals surface area (Å²) in [6.07, 6.45) is 0.696. The second-order valence-electron chi connectivity index (χ2n) is 5.98. The second kappa shape index (κ2) is 4.49. The third-order valence-electron chi connectivity index (χ3n) is 3.98. The first-order chi connectivity index (χ1) is 8.96. The van der Waals surface area contributed by atoms with Crippen molar-refractivity contribution in [3.63, 3.8) is 0 Å². The van der Waals surface area contributed by atoms with Gasteiger partial charge < -0.3 is 10.1 Å². The number of benzene rings is 1. The first-order valence-electron chi connectivity index (χ1n) is 6.62. The van der Waals surface area contributed by atoms with Crippen molar-refractivity contribution in [1.29, 1.82) is 0 Å². The minimum absolute atomic E-state index is 0.240. The second-order valence-corrected chi connectivity index (χ2v) is 8.16. The highest BCUT2D eigenvalue weighted by atomic mass is 32.2. The molecule has 1 N–H and O–H groups in total. The Hall–Kier alpha value is -1.07. The van der Waals surface area contributed by atoms with Gasteiger partial charge in [0.05, 0.1) is 18.1 Å². The molecule has 0 radical (unpaired) electrons. The van der Waals surface area contributed by atoms with Crippen LogP contribution in [0.3, 0.4) is 0 Å². The average Bonchev–Trinajstić information content (AvgIpc) is 2.91. The van der Waals surface area contributed by atoms with Crippen molar-refractivity contribution in [2.45, 2.75) is 26.4 Å². The molecule has 1 saturated heterocycles. The molecule has 1 aromatic carbocycles. The van der Waals surface area contributed by atoms with Gasteiger partial charge in [-0.2, -0.15) is 0 Å². The van der Waals surface area contributed by atoms with E-state index in [0.29, 0.717) is 18.8 Å². The molecule has 0 saturated carbocycles. The minimum atomic E-state index is -2.86. The first kappa shape index (κ1) is 12.9. The van der Waals surface area contributed by atoms with Crippen LogP contribution >= 0.6 is 0 Å². The fourth-order valence-corrected chi connectivity index (χ4v) is 5.05. The number of hydrogen-bond donors (Lipinski definition) is 1. The summed E-state index contributed by atoms with van der Waals surface area (Å²) in [6.45, 7) is 4.27. The number of nitrogens with one attached hydrogen (secondary N) is 1. The number of fused-ring (bicyclic) bond motifs is 1. The summed E-state index contributed by atoms with van der Waals surface area (Å²) in [7, 11) is -2.86. The number of hydrogen-bond acceptors (Lipinski definition) is 4. The zero-order chi connectivity index (χ0) is 13.5. The smallest absolute Gasteiger partial charge is 0.151 e. The van der Waals surface area contributed by atoms with Crippen LogP contribution in [-0.4, -0.2) is 26.5 Å². The number of ether oxygens (including phenoxy) is 1. The average molecular weight is 281 g/mol. The molecule has 1 atom stereocenters. The molecular weight excluding hydrogens is 262 g/mol. The van der Waals surface area contributed by atoms with Gasteiger partial charge in [0.15, 0.2) is 9.84 Å². The van der Waals surface area contributed by atoms with Gasteiger partial charge in [0.2, 0.25) is 0 Å². The van der Waals surface area contributed by atoms with E-state index in [-0.39, 0.29) is 11.2 Å². The largest absolute Gasteiger partial charge is 0.493 e. The Labute approximate surface area is 114 Å². The van der Waals surface area contributed by atoms with Crippen molar-refractivity contribution >= 4 is 9.84 Å². The van der Waals surface area contributed by atoms with Gasteiger partial charge in [-0.3, -0.25) is 0 Å². The zero-order valence-corrected chi connectivity index (χ0v) is 11.9. The van der Waals surface area contributed by atoms with Gasteiger partial charge in [-0.25, -0.2) is 8.42 Å². The SMILES string of the molecule is CC1(COc2ccc3c(c2)CNC3)CCS(=O)(=O)C1. The molecule has 0 bridgehead atoms. The highest BCUT2D eigenvalue weighted by Gasteiger charge is 2.39. The van der Waals surface area contributed by atoms with Crippen LogP contribution in [0.1, 0.15) is 24.5 Å².